The molecule has 0 aliphatic rings. The van der Waals surface area contributed by atoms with Crippen LogP contribution < -0.4 is 10.4 Å². The molecule has 11 heteroatoms. The summed E-state index contributed by atoms with van der Waals surface area (Å²) in [6.45, 7) is 13.2. The zero-order valence-corrected chi connectivity index (χ0v) is 28.9. The van der Waals surface area contributed by atoms with Crippen LogP contribution in [0.1, 0.15) is 92.2 Å². The van der Waals surface area contributed by atoms with Gasteiger partial charge in [-0.1, -0.05) is 73.4 Å². The van der Waals surface area contributed by atoms with Gasteiger partial charge in [0.15, 0.2) is 0 Å². The van der Waals surface area contributed by atoms with Crippen LogP contribution in [0, 0.1) is 22.2 Å². The molecule has 0 bridgehead atoms. The Labute approximate surface area is 278 Å². The van der Waals surface area contributed by atoms with Gasteiger partial charge in [0.05, 0.1) is 16.5 Å². The van der Waals surface area contributed by atoms with E-state index >= 15 is 0 Å². The summed E-state index contributed by atoms with van der Waals surface area (Å²) in [6, 6.07) is 9.03. The molecule has 48 heavy (non-hydrogen) atoms. The van der Waals surface area contributed by atoms with Gasteiger partial charge < -0.3 is 13.9 Å². The quantitative estimate of drug-likeness (QED) is 0.0822. The number of benzene rings is 2. The number of hydrogen-bond donors (Lipinski definition) is 0. The molecule has 2 unspecified atom stereocenters. The van der Waals surface area contributed by atoms with Crippen molar-refractivity contribution < 1.29 is 45.0 Å². The molecular weight excluding hydrogens is 638 g/mol. The SMILES string of the molecule is CCCCCc1ccc(-c2cc3ccc(OCC(COC(=O)C(C)(CC(C)(C)C)C(C)(C)C)C(F)(F)F)cc3oc2=O)c(C(F)(F)F)c1. The van der Waals surface area contributed by atoms with E-state index in [1.54, 1.807) is 13.0 Å². The maximum Gasteiger partial charge on any atom is 0.417 e. The van der Waals surface area contributed by atoms with E-state index in [1.165, 1.54) is 30.3 Å². The van der Waals surface area contributed by atoms with Crippen LogP contribution in [-0.4, -0.2) is 25.4 Å². The standard InChI is InChI=1S/C37H46F6O5/c1-9-10-11-12-23-13-16-27(29(17-23)37(41,42)43)28-18-24-14-15-26(19-30(24)48-31(28)44)46-20-25(36(38,39)40)21-47-32(45)35(8,34(5,6)7)22-33(2,3)4/h13-19,25H,9-12,20-22H2,1-8H3. The van der Waals surface area contributed by atoms with Crippen LogP contribution in [0.3, 0.4) is 0 Å². The third kappa shape index (κ3) is 9.78. The lowest BCUT2D eigenvalue weighted by Gasteiger charge is -2.43. The van der Waals surface area contributed by atoms with Crippen LogP contribution in [0.4, 0.5) is 26.3 Å². The minimum absolute atomic E-state index is 0.0707. The largest absolute Gasteiger partial charge is 0.493 e. The van der Waals surface area contributed by atoms with Crippen LogP contribution in [0.25, 0.3) is 22.1 Å². The first kappa shape index (κ1) is 38.9. The number of hydrogen-bond acceptors (Lipinski definition) is 5. The van der Waals surface area contributed by atoms with Crippen molar-refractivity contribution in [3.05, 3.63) is 64.0 Å². The van der Waals surface area contributed by atoms with Crippen molar-refractivity contribution in [1.82, 2.24) is 0 Å². The Balaban J connectivity index is 1.83. The van der Waals surface area contributed by atoms with Crippen molar-refractivity contribution in [3.63, 3.8) is 0 Å². The molecule has 3 aromatic rings. The third-order valence-corrected chi connectivity index (χ3v) is 8.78. The Bertz CT molecular complexity index is 1620. The summed E-state index contributed by atoms with van der Waals surface area (Å²) in [5, 5.41) is 0.249. The molecule has 0 fully saturated rings. The second kappa shape index (κ2) is 14.5. The van der Waals surface area contributed by atoms with E-state index in [0.717, 1.165) is 25.3 Å². The van der Waals surface area contributed by atoms with Gasteiger partial charge in [-0.3, -0.25) is 4.79 Å². The minimum atomic E-state index is -4.76. The predicted octanol–water partition coefficient (Wildman–Crippen LogP) is 10.8. The van der Waals surface area contributed by atoms with E-state index in [2.05, 4.69) is 0 Å². The topological polar surface area (TPSA) is 65.7 Å². The molecule has 1 aromatic heterocycles. The van der Waals surface area contributed by atoms with E-state index in [-0.39, 0.29) is 33.3 Å². The minimum Gasteiger partial charge on any atom is -0.493 e. The van der Waals surface area contributed by atoms with Gasteiger partial charge in [0.1, 0.15) is 30.5 Å². The lowest BCUT2D eigenvalue weighted by molar-refractivity contribution is -0.202. The highest BCUT2D eigenvalue weighted by Gasteiger charge is 2.49. The zero-order chi connectivity index (χ0) is 36.3. The molecule has 1 heterocycles. The van der Waals surface area contributed by atoms with Crippen molar-refractivity contribution >= 4 is 16.9 Å². The first-order valence-corrected chi connectivity index (χ1v) is 16.1. The van der Waals surface area contributed by atoms with Gasteiger partial charge in [0, 0.05) is 17.0 Å². The molecule has 0 spiro atoms. The van der Waals surface area contributed by atoms with Gasteiger partial charge >= 0.3 is 23.9 Å². The lowest BCUT2D eigenvalue weighted by Crippen LogP contribution is -2.45. The van der Waals surface area contributed by atoms with Crippen molar-refractivity contribution in [3.8, 4) is 16.9 Å². The molecule has 0 radical (unpaired) electrons. The first-order valence-electron chi connectivity index (χ1n) is 16.1. The van der Waals surface area contributed by atoms with Crippen molar-refractivity contribution in [1.29, 1.82) is 0 Å². The number of ether oxygens (including phenoxy) is 2. The van der Waals surface area contributed by atoms with Crippen molar-refractivity contribution in [2.45, 2.75) is 99.8 Å². The van der Waals surface area contributed by atoms with Crippen LogP contribution >= 0.6 is 0 Å². The monoisotopic (exact) mass is 684 g/mol. The molecular formula is C37H46F6O5. The Morgan fingerprint density at radius 3 is 2.06 bits per heavy atom. The maximum absolute atomic E-state index is 14.1. The molecule has 266 valence electrons. The summed E-state index contributed by atoms with van der Waals surface area (Å²) < 4.78 is 100. The number of carbonyl (C=O) groups excluding carboxylic acids is 1. The lowest BCUT2D eigenvalue weighted by atomic mass is 9.61. The highest BCUT2D eigenvalue weighted by molar-refractivity contribution is 5.83. The van der Waals surface area contributed by atoms with Gasteiger partial charge in [-0.05, 0) is 66.8 Å². The summed E-state index contributed by atoms with van der Waals surface area (Å²) in [5.41, 5.74) is -4.14. The van der Waals surface area contributed by atoms with Gasteiger partial charge in [-0.15, -0.1) is 0 Å². The number of rotatable bonds is 12. The summed E-state index contributed by atoms with van der Waals surface area (Å²) in [4.78, 5) is 26.1. The third-order valence-electron chi connectivity index (χ3n) is 8.78. The molecule has 0 N–H and O–H groups in total. The predicted molar refractivity (Wildman–Crippen MR) is 174 cm³/mol. The van der Waals surface area contributed by atoms with Crippen LogP contribution in [-0.2, 0) is 22.1 Å². The summed E-state index contributed by atoms with van der Waals surface area (Å²) in [7, 11) is 0. The fourth-order valence-electron chi connectivity index (χ4n) is 5.64. The second-order valence-corrected chi connectivity index (χ2v) is 14.9. The molecule has 5 nitrogen and oxygen atoms in total. The van der Waals surface area contributed by atoms with Gasteiger partial charge in [0.2, 0.25) is 0 Å². The molecule has 0 saturated heterocycles. The van der Waals surface area contributed by atoms with E-state index in [0.29, 0.717) is 18.4 Å². The summed E-state index contributed by atoms with van der Waals surface area (Å²) in [5.74, 6) is -2.96. The molecule has 2 atom stereocenters. The van der Waals surface area contributed by atoms with Gasteiger partial charge in [-0.25, -0.2) is 4.79 Å². The van der Waals surface area contributed by atoms with Gasteiger partial charge in [0.25, 0.3) is 0 Å². The summed E-state index contributed by atoms with van der Waals surface area (Å²) in [6.07, 6.45) is -6.10. The molecule has 0 aliphatic heterocycles. The van der Waals surface area contributed by atoms with E-state index in [1.807, 2.05) is 48.5 Å². The Kier molecular flexibility index (Phi) is 11.8. The normalized spacial score (nSPS) is 14.9. The smallest absolute Gasteiger partial charge is 0.417 e. The highest BCUT2D eigenvalue weighted by atomic mass is 19.4. The molecule has 0 saturated carbocycles. The van der Waals surface area contributed by atoms with Gasteiger partial charge in [-0.2, -0.15) is 26.3 Å². The summed E-state index contributed by atoms with van der Waals surface area (Å²) >= 11 is 0. The molecule has 3 rings (SSSR count). The van der Waals surface area contributed by atoms with Crippen LogP contribution in [0.15, 0.2) is 51.7 Å². The van der Waals surface area contributed by atoms with E-state index in [9.17, 15) is 35.9 Å². The Morgan fingerprint density at radius 1 is 0.833 bits per heavy atom. The average Bonchev–Trinajstić information content (AvgIpc) is 2.94. The maximum atomic E-state index is 14.1. The van der Waals surface area contributed by atoms with Crippen LogP contribution in [0.5, 0.6) is 5.75 Å². The van der Waals surface area contributed by atoms with E-state index < -0.39 is 59.5 Å². The van der Waals surface area contributed by atoms with E-state index in [4.69, 9.17) is 13.9 Å². The molecule has 0 amide bonds. The van der Waals surface area contributed by atoms with Crippen molar-refractivity contribution in [2.24, 2.45) is 22.2 Å². The average molecular weight is 685 g/mol. The fourth-order valence-corrected chi connectivity index (χ4v) is 5.64. The Morgan fingerprint density at radius 2 is 1.50 bits per heavy atom. The Hall–Kier alpha value is -3.50. The number of fused-ring (bicyclic) bond motifs is 1. The first-order chi connectivity index (χ1) is 22.0. The number of aryl methyl sites for hydroxylation is 1. The number of unbranched alkanes of at least 4 members (excludes halogenated alkanes) is 2. The molecule has 0 aliphatic carbocycles. The highest BCUT2D eigenvalue weighted by Crippen LogP contribution is 2.47. The number of esters is 1. The fraction of sp³-hybridized carbons (Fsp3) is 0.568. The second-order valence-electron chi connectivity index (χ2n) is 14.9. The van der Waals surface area contributed by atoms with Crippen LogP contribution in [0.2, 0.25) is 0 Å². The zero-order valence-electron chi connectivity index (χ0n) is 28.9. The number of carbonyl (C=O) groups is 1. The number of alkyl halides is 6. The van der Waals surface area contributed by atoms with Crippen molar-refractivity contribution in [2.75, 3.05) is 13.2 Å². The number of halogens is 6. The molecule has 2 aromatic carbocycles.